The number of aliphatic hydroxyl groups is 2. The zero-order chi connectivity index (χ0) is 28.7. The summed E-state index contributed by atoms with van der Waals surface area (Å²) in [6.07, 6.45) is -0.130. The van der Waals surface area contributed by atoms with Crippen molar-refractivity contribution in [2.45, 2.75) is 92.8 Å². The molecule has 8 atom stereocenters. The molecule has 0 radical (unpaired) electrons. The highest BCUT2D eigenvalue weighted by atomic mass is 16.4. The third kappa shape index (κ3) is 3.52. The maximum absolute atomic E-state index is 14.1. The van der Waals surface area contributed by atoms with Crippen LogP contribution in [-0.2, 0) is 24.0 Å². The van der Waals surface area contributed by atoms with E-state index in [0.29, 0.717) is 18.4 Å². The average Bonchev–Trinajstić information content (AvgIpc) is 3.03. The molecule has 2 fully saturated rings. The van der Waals surface area contributed by atoms with Crippen LogP contribution >= 0.6 is 0 Å². The van der Waals surface area contributed by atoms with E-state index in [1.54, 1.807) is 20.8 Å². The van der Waals surface area contributed by atoms with E-state index in [1.165, 1.54) is 13.0 Å². The number of aliphatic carboxylic acids is 1. The number of ketones is 4. The first-order valence-electron chi connectivity index (χ1n) is 13.5. The van der Waals surface area contributed by atoms with Gasteiger partial charge < -0.3 is 15.3 Å². The Morgan fingerprint density at radius 3 is 2.21 bits per heavy atom. The number of carbonyl (C=O) groups excluding carboxylic acids is 4. The molecule has 0 aromatic rings. The van der Waals surface area contributed by atoms with Crippen LogP contribution in [-0.4, -0.2) is 56.6 Å². The van der Waals surface area contributed by atoms with E-state index in [-0.39, 0.29) is 47.9 Å². The highest BCUT2D eigenvalue weighted by molar-refractivity contribution is 6.18. The number of rotatable bonds is 5. The van der Waals surface area contributed by atoms with Crippen LogP contribution < -0.4 is 0 Å². The second-order valence-electron chi connectivity index (χ2n) is 13.4. The molecule has 208 valence electrons. The van der Waals surface area contributed by atoms with E-state index in [1.807, 2.05) is 20.8 Å². The Hall–Kier alpha value is -2.45. The number of hydrogen-bond donors (Lipinski definition) is 3. The van der Waals surface area contributed by atoms with Gasteiger partial charge in [-0.1, -0.05) is 40.2 Å². The predicted octanol–water partition coefficient (Wildman–Crippen LogP) is 3.23. The Morgan fingerprint density at radius 2 is 1.63 bits per heavy atom. The first kappa shape index (κ1) is 28.6. The standard InChI is InChI=1S/C30H40O8/c1-14(10-16(31)11-15(2)26(37)38)17-12-21(34)30(7)22-18(32)13-19-27(3,4)20(33)8-9-28(19,5)23(22)24(35)25(36)29(17,30)6/h10,15,17,19-20,25,33,36H,8-9,11-13H2,1-7H3,(H,37,38)/b14-10+/t15?,17-,19+,20+,25-,28+,29+,30+/m1/s1. The van der Waals surface area contributed by atoms with E-state index in [4.69, 9.17) is 5.11 Å². The number of Topliss-reactive ketones (excluding diaryl/α,β-unsaturated/α-hetero) is 3. The Balaban J connectivity index is 1.86. The van der Waals surface area contributed by atoms with Gasteiger partial charge >= 0.3 is 5.97 Å². The number of allylic oxidation sites excluding steroid dienone is 3. The van der Waals surface area contributed by atoms with E-state index in [9.17, 15) is 34.2 Å². The molecule has 0 heterocycles. The molecule has 1 unspecified atom stereocenters. The maximum Gasteiger partial charge on any atom is 0.306 e. The van der Waals surface area contributed by atoms with Gasteiger partial charge in [0, 0.05) is 41.2 Å². The second-order valence-corrected chi connectivity index (χ2v) is 13.4. The molecule has 0 saturated heterocycles. The summed E-state index contributed by atoms with van der Waals surface area (Å²) in [5.41, 5.74) is -3.28. The van der Waals surface area contributed by atoms with E-state index < -0.39 is 63.2 Å². The summed E-state index contributed by atoms with van der Waals surface area (Å²) in [6.45, 7) is 12.1. The zero-order valence-electron chi connectivity index (χ0n) is 23.4. The van der Waals surface area contributed by atoms with Gasteiger partial charge in [-0.05, 0) is 50.0 Å². The van der Waals surface area contributed by atoms with Crippen molar-refractivity contribution in [1.82, 2.24) is 0 Å². The van der Waals surface area contributed by atoms with Crippen molar-refractivity contribution in [3.63, 3.8) is 0 Å². The topological polar surface area (TPSA) is 146 Å². The fourth-order valence-electron chi connectivity index (χ4n) is 8.44. The molecular weight excluding hydrogens is 488 g/mol. The quantitative estimate of drug-likeness (QED) is 0.461. The van der Waals surface area contributed by atoms with Gasteiger partial charge in [0.25, 0.3) is 0 Å². The highest BCUT2D eigenvalue weighted by Crippen LogP contribution is 2.69. The van der Waals surface area contributed by atoms with Crippen LogP contribution in [0.2, 0.25) is 0 Å². The molecule has 0 aromatic heterocycles. The lowest BCUT2D eigenvalue weighted by Gasteiger charge is -2.60. The molecule has 8 heteroatoms. The van der Waals surface area contributed by atoms with Crippen LogP contribution in [0, 0.1) is 39.4 Å². The van der Waals surface area contributed by atoms with Gasteiger partial charge in [0.2, 0.25) is 0 Å². The van der Waals surface area contributed by atoms with Crippen LogP contribution in [0.15, 0.2) is 22.8 Å². The van der Waals surface area contributed by atoms with Gasteiger partial charge in [0.05, 0.1) is 17.4 Å². The lowest BCUT2D eigenvalue weighted by molar-refractivity contribution is -0.156. The van der Waals surface area contributed by atoms with Crippen molar-refractivity contribution in [2.24, 2.45) is 39.4 Å². The summed E-state index contributed by atoms with van der Waals surface area (Å²) >= 11 is 0. The van der Waals surface area contributed by atoms with Crippen LogP contribution in [0.3, 0.4) is 0 Å². The summed E-state index contributed by atoms with van der Waals surface area (Å²) in [6, 6.07) is 0. The summed E-state index contributed by atoms with van der Waals surface area (Å²) in [5.74, 6) is -4.48. The molecule has 4 aliphatic rings. The first-order chi connectivity index (χ1) is 17.4. The van der Waals surface area contributed by atoms with Crippen molar-refractivity contribution in [3.05, 3.63) is 22.8 Å². The monoisotopic (exact) mass is 528 g/mol. The Morgan fingerprint density at radius 1 is 1.03 bits per heavy atom. The summed E-state index contributed by atoms with van der Waals surface area (Å²) in [4.78, 5) is 65.7. The minimum absolute atomic E-state index is 0.0458. The van der Waals surface area contributed by atoms with Gasteiger partial charge in [-0.2, -0.15) is 0 Å². The van der Waals surface area contributed by atoms with Crippen molar-refractivity contribution < 1.29 is 39.3 Å². The van der Waals surface area contributed by atoms with Crippen molar-refractivity contribution in [3.8, 4) is 0 Å². The van der Waals surface area contributed by atoms with Gasteiger partial charge in [-0.15, -0.1) is 0 Å². The molecule has 4 aliphatic carbocycles. The van der Waals surface area contributed by atoms with E-state index in [0.717, 1.165) is 0 Å². The molecule has 0 spiro atoms. The van der Waals surface area contributed by atoms with E-state index in [2.05, 4.69) is 0 Å². The Labute approximate surface area is 223 Å². The summed E-state index contributed by atoms with van der Waals surface area (Å²) in [7, 11) is 0. The molecule has 4 rings (SSSR count). The minimum atomic E-state index is -1.57. The van der Waals surface area contributed by atoms with Gasteiger partial charge in [0.15, 0.2) is 17.3 Å². The Bertz CT molecular complexity index is 1210. The second kappa shape index (κ2) is 8.78. The van der Waals surface area contributed by atoms with Gasteiger partial charge in [-0.3, -0.25) is 24.0 Å². The smallest absolute Gasteiger partial charge is 0.306 e. The van der Waals surface area contributed by atoms with Crippen LogP contribution in [0.25, 0.3) is 0 Å². The molecule has 0 bridgehead atoms. The van der Waals surface area contributed by atoms with Crippen LogP contribution in [0.1, 0.15) is 80.6 Å². The molecule has 38 heavy (non-hydrogen) atoms. The maximum atomic E-state index is 14.1. The van der Waals surface area contributed by atoms with Crippen LogP contribution in [0.5, 0.6) is 0 Å². The van der Waals surface area contributed by atoms with Gasteiger partial charge in [-0.25, -0.2) is 0 Å². The fraction of sp³-hybridized carbons (Fsp3) is 0.700. The van der Waals surface area contributed by atoms with Crippen molar-refractivity contribution in [2.75, 3.05) is 0 Å². The minimum Gasteiger partial charge on any atom is -0.481 e. The molecule has 8 nitrogen and oxygen atoms in total. The number of carbonyl (C=O) groups is 5. The highest BCUT2D eigenvalue weighted by Gasteiger charge is 2.73. The molecule has 2 saturated carbocycles. The number of carboxylic acids is 1. The molecule has 0 aromatic carbocycles. The van der Waals surface area contributed by atoms with Crippen molar-refractivity contribution in [1.29, 1.82) is 0 Å². The number of fused-ring (bicyclic) bond motifs is 4. The lowest BCUT2D eigenvalue weighted by Crippen LogP contribution is -2.64. The SMILES string of the molecule is C/C(=C\C(=O)CC(C)C(=O)O)[C@H]1CC(=O)[C@@]2(C)C3=C(C(=O)[C@@H](O)[C@]12C)[C@@]1(C)CC[C@H](O)C(C)(C)[C@@H]1CC3=O. The lowest BCUT2D eigenvalue weighted by atomic mass is 9.42. The van der Waals surface area contributed by atoms with Crippen molar-refractivity contribution >= 4 is 29.1 Å². The third-order valence-corrected chi connectivity index (χ3v) is 11.1. The van der Waals surface area contributed by atoms with Crippen LogP contribution in [0.4, 0.5) is 0 Å². The predicted molar refractivity (Wildman–Crippen MR) is 138 cm³/mol. The molecule has 0 aliphatic heterocycles. The Kier molecular flexibility index (Phi) is 6.60. The summed E-state index contributed by atoms with van der Waals surface area (Å²) < 4.78 is 0. The molecule has 3 N–H and O–H groups in total. The number of carboxylic acid groups (broad SMARTS) is 1. The average molecular weight is 529 g/mol. The fourth-order valence-corrected chi connectivity index (χ4v) is 8.44. The van der Waals surface area contributed by atoms with Gasteiger partial charge in [0.1, 0.15) is 11.9 Å². The molecular formula is C30H40O8. The first-order valence-corrected chi connectivity index (χ1v) is 13.5. The molecule has 0 amide bonds. The van der Waals surface area contributed by atoms with E-state index >= 15 is 0 Å². The third-order valence-electron chi connectivity index (χ3n) is 11.1. The normalized spacial score (nSPS) is 41.4. The zero-order valence-corrected chi connectivity index (χ0v) is 23.4. The summed E-state index contributed by atoms with van der Waals surface area (Å²) in [5, 5.41) is 31.6. The number of aliphatic hydroxyl groups excluding tert-OH is 2. The largest absolute Gasteiger partial charge is 0.481 e. The number of hydrogen-bond acceptors (Lipinski definition) is 7.